The number of hydrogen-bond donors (Lipinski definition) is 1. The van der Waals surface area contributed by atoms with E-state index in [1.165, 1.54) is 22.3 Å². The van der Waals surface area contributed by atoms with E-state index in [-0.39, 0.29) is 12.2 Å². The third-order valence-electron chi connectivity index (χ3n) is 5.92. The van der Waals surface area contributed by atoms with Crippen molar-refractivity contribution in [2.45, 2.75) is 18.6 Å². The molecule has 0 spiro atoms. The van der Waals surface area contributed by atoms with Crippen LogP contribution in [-0.2, 0) is 14.2 Å². The Morgan fingerprint density at radius 2 is 1.48 bits per heavy atom. The molecule has 0 atom stereocenters. The normalized spacial score (nSPS) is 14.8. The summed E-state index contributed by atoms with van der Waals surface area (Å²) in [5.74, 6) is 6.33. The van der Waals surface area contributed by atoms with Gasteiger partial charge in [0.1, 0.15) is 6.61 Å². The standard InChI is InChI=1S/C28H25NO4/c30-28(29-16-8-7-10-20-9-1-2-11-21(20)27-31-17-18-32-27)33-19-26-24-14-5-3-12-22(24)23-13-4-6-15-25(23)26/h1-6,9,11-15,26-27H,8,16-19H2,(H,29,30). The number of ether oxygens (including phenoxy) is 3. The molecule has 1 N–H and O–H groups in total. The second-order valence-corrected chi connectivity index (χ2v) is 7.96. The van der Waals surface area contributed by atoms with Gasteiger partial charge in [-0.05, 0) is 28.3 Å². The van der Waals surface area contributed by atoms with Gasteiger partial charge in [0.05, 0.1) is 13.2 Å². The van der Waals surface area contributed by atoms with Crippen LogP contribution in [0.3, 0.4) is 0 Å². The molecule has 0 unspecified atom stereocenters. The number of nitrogens with one attached hydrogen (secondary N) is 1. The topological polar surface area (TPSA) is 56.8 Å². The zero-order chi connectivity index (χ0) is 22.5. The molecule has 1 heterocycles. The van der Waals surface area contributed by atoms with Crippen LogP contribution in [0.1, 0.15) is 40.9 Å². The molecule has 0 radical (unpaired) electrons. The fourth-order valence-electron chi connectivity index (χ4n) is 4.39. The molecule has 33 heavy (non-hydrogen) atoms. The van der Waals surface area contributed by atoms with Crippen LogP contribution in [0, 0.1) is 11.8 Å². The Morgan fingerprint density at radius 3 is 2.18 bits per heavy atom. The maximum absolute atomic E-state index is 12.3. The van der Waals surface area contributed by atoms with Gasteiger partial charge in [0.25, 0.3) is 0 Å². The van der Waals surface area contributed by atoms with Gasteiger partial charge in [0.2, 0.25) is 0 Å². The molecule has 1 aliphatic carbocycles. The van der Waals surface area contributed by atoms with Crippen molar-refractivity contribution in [3.8, 4) is 23.0 Å². The van der Waals surface area contributed by atoms with E-state index in [0.29, 0.717) is 32.8 Å². The average molecular weight is 440 g/mol. The van der Waals surface area contributed by atoms with Gasteiger partial charge in [-0.1, -0.05) is 78.6 Å². The molecule has 3 aromatic carbocycles. The molecule has 166 valence electrons. The third kappa shape index (κ3) is 4.63. The first-order chi connectivity index (χ1) is 16.3. The van der Waals surface area contributed by atoms with Gasteiger partial charge >= 0.3 is 6.09 Å². The highest BCUT2D eigenvalue weighted by Crippen LogP contribution is 2.44. The van der Waals surface area contributed by atoms with Crippen molar-refractivity contribution in [1.29, 1.82) is 0 Å². The summed E-state index contributed by atoms with van der Waals surface area (Å²) in [7, 11) is 0. The average Bonchev–Trinajstić information content (AvgIpc) is 3.50. The number of benzene rings is 3. The summed E-state index contributed by atoms with van der Waals surface area (Å²) in [6.45, 7) is 1.91. The van der Waals surface area contributed by atoms with E-state index in [4.69, 9.17) is 14.2 Å². The van der Waals surface area contributed by atoms with Crippen LogP contribution in [-0.4, -0.2) is 32.5 Å². The summed E-state index contributed by atoms with van der Waals surface area (Å²) in [5, 5.41) is 2.80. The van der Waals surface area contributed by atoms with E-state index in [2.05, 4.69) is 41.4 Å². The van der Waals surface area contributed by atoms with E-state index in [0.717, 1.165) is 11.1 Å². The number of carbonyl (C=O) groups excluding carboxylic acids is 1. The SMILES string of the molecule is O=C(NCCC#Cc1ccccc1C1OCCO1)OCC1c2ccccc2-c2ccccc21. The van der Waals surface area contributed by atoms with Crippen molar-refractivity contribution in [2.24, 2.45) is 0 Å². The van der Waals surface area contributed by atoms with Crippen LogP contribution in [0.4, 0.5) is 4.79 Å². The van der Waals surface area contributed by atoms with Crippen molar-refractivity contribution >= 4 is 6.09 Å². The first-order valence-electron chi connectivity index (χ1n) is 11.2. The van der Waals surface area contributed by atoms with Crippen molar-refractivity contribution in [3.63, 3.8) is 0 Å². The lowest BCUT2D eigenvalue weighted by Crippen LogP contribution is -2.26. The van der Waals surface area contributed by atoms with Gasteiger partial charge in [-0.3, -0.25) is 0 Å². The van der Waals surface area contributed by atoms with Crippen LogP contribution in [0.25, 0.3) is 11.1 Å². The Hall–Kier alpha value is -3.59. The zero-order valence-corrected chi connectivity index (χ0v) is 18.3. The smallest absolute Gasteiger partial charge is 0.407 e. The Kier molecular flexibility index (Phi) is 6.39. The van der Waals surface area contributed by atoms with E-state index < -0.39 is 6.09 Å². The molecule has 0 saturated carbocycles. The minimum absolute atomic E-state index is 0.0551. The first kappa shape index (κ1) is 21.3. The number of amides is 1. The Labute approximate surface area is 193 Å². The van der Waals surface area contributed by atoms with Crippen molar-refractivity contribution in [2.75, 3.05) is 26.4 Å². The molecule has 5 nitrogen and oxygen atoms in total. The van der Waals surface area contributed by atoms with Crippen LogP contribution in [0.2, 0.25) is 0 Å². The molecule has 1 aliphatic heterocycles. The summed E-state index contributed by atoms with van der Waals surface area (Å²) in [6, 6.07) is 24.4. The van der Waals surface area contributed by atoms with Gasteiger partial charge in [-0.15, -0.1) is 0 Å². The number of rotatable bonds is 5. The minimum Gasteiger partial charge on any atom is -0.449 e. The molecule has 3 aromatic rings. The van der Waals surface area contributed by atoms with E-state index in [1.807, 2.05) is 48.5 Å². The number of fused-ring (bicyclic) bond motifs is 3. The summed E-state index contributed by atoms with van der Waals surface area (Å²) >= 11 is 0. The molecular weight excluding hydrogens is 414 g/mol. The van der Waals surface area contributed by atoms with Gasteiger partial charge in [0, 0.05) is 30.0 Å². The third-order valence-corrected chi connectivity index (χ3v) is 5.92. The van der Waals surface area contributed by atoms with Gasteiger partial charge < -0.3 is 19.5 Å². The zero-order valence-electron chi connectivity index (χ0n) is 18.3. The molecular formula is C28H25NO4. The van der Waals surface area contributed by atoms with Crippen LogP contribution < -0.4 is 5.32 Å². The molecule has 5 heteroatoms. The van der Waals surface area contributed by atoms with E-state index in [9.17, 15) is 4.79 Å². The van der Waals surface area contributed by atoms with Crippen LogP contribution in [0.15, 0.2) is 72.8 Å². The fourth-order valence-corrected chi connectivity index (χ4v) is 4.39. The highest BCUT2D eigenvalue weighted by Gasteiger charge is 2.28. The first-order valence-corrected chi connectivity index (χ1v) is 11.2. The Balaban J connectivity index is 1.13. The van der Waals surface area contributed by atoms with E-state index >= 15 is 0 Å². The van der Waals surface area contributed by atoms with Crippen molar-refractivity contribution in [1.82, 2.24) is 5.32 Å². The lowest BCUT2D eigenvalue weighted by Gasteiger charge is -2.14. The van der Waals surface area contributed by atoms with Gasteiger partial charge in [0.15, 0.2) is 6.29 Å². The second-order valence-electron chi connectivity index (χ2n) is 7.96. The van der Waals surface area contributed by atoms with Gasteiger partial charge in [-0.2, -0.15) is 0 Å². The summed E-state index contributed by atoms with van der Waals surface area (Å²) < 4.78 is 16.7. The lowest BCUT2D eigenvalue weighted by atomic mass is 9.98. The molecule has 0 bridgehead atoms. The second kappa shape index (κ2) is 9.91. The Bertz CT molecular complexity index is 1160. The summed E-state index contributed by atoms with van der Waals surface area (Å²) in [4.78, 5) is 12.3. The van der Waals surface area contributed by atoms with Crippen molar-refractivity contribution in [3.05, 3.63) is 95.1 Å². The molecule has 2 aliphatic rings. The largest absolute Gasteiger partial charge is 0.449 e. The van der Waals surface area contributed by atoms with Crippen LogP contribution >= 0.6 is 0 Å². The summed E-state index contributed by atoms with van der Waals surface area (Å²) in [6.07, 6.45) is -0.258. The van der Waals surface area contributed by atoms with Crippen LogP contribution in [0.5, 0.6) is 0 Å². The van der Waals surface area contributed by atoms with E-state index in [1.54, 1.807) is 0 Å². The molecule has 1 fully saturated rings. The number of hydrogen-bond acceptors (Lipinski definition) is 4. The lowest BCUT2D eigenvalue weighted by molar-refractivity contribution is -0.0442. The minimum atomic E-state index is -0.424. The van der Waals surface area contributed by atoms with Crippen molar-refractivity contribution < 1.29 is 19.0 Å². The predicted molar refractivity (Wildman–Crippen MR) is 126 cm³/mol. The fraction of sp³-hybridized carbons (Fsp3) is 0.250. The molecule has 1 saturated heterocycles. The molecule has 5 rings (SSSR count). The van der Waals surface area contributed by atoms with Gasteiger partial charge in [-0.25, -0.2) is 4.79 Å². The highest BCUT2D eigenvalue weighted by molar-refractivity contribution is 5.79. The Morgan fingerprint density at radius 1 is 0.879 bits per heavy atom. The quantitative estimate of drug-likeness (QED) is 0.448. The summed E-state index contributed by atoms with van der Waals surface area (Å²) in [5.41, 5.74) is 6.65. The molecule has 0 aromatic heterocycles. The highest BCUT2D eigenvalue weighted by atomic mass is 16.7. The monoisotopic (exact) mass is 439 g/mol. The molecule has 1 amide bonds. The maximum Gasteiger partial charge on any atom is 0.407 e. The maximum atomic E-state index is 12.3. The number of carbonyl (C=O) groups is 1. The number of alkyl carbamates (subject to hydrolysis) is 1. The predicted octanol–water partition coefficient (Wildman–Crippen LogP) is 5.01.